The zero-order chi connectivity index (χ0) is 12.0. The third-order valence-corrected chi connectivity index (χ3v) is 2.41. The van der Waals surface area contributed by atoms with Crippen LogP contribution in [-0.2, 0) is 17.9 Å². The fourth-order valence-corrected chi connectivity index (χ4v) is 1.28. The summed E-state index contributed by atoms with van der Waals surface area (Å²) < 4.78 is 0. The summed E-state index contributed by atoms with van der Waals surface area (Å²) in [4.78, 5) is 10.6. The second-order valence-electron chi connectivity index (χ2n) is 3.84. The molecule has 0 heterocycles. The molecule has 0 radical (unpaired) electrons. The number of nitrogens with one attached hydrogen (secondary N) is 1. The van der Waals surface area contributed by atoms with Gasteiger partial charge in [-0.05, 0) is 11.1 Å². The molecule has 0 spiro atoms. The van der Waals surface area contributed by atoms with E-state index in [0.717, 1.165) is 11.1 Å². The van der Waals surface area contributed by atoms with Crippen molar-refractivity contribution in [2.45, 2.75) is 20.1 Å². The number of carboxylic acid groups (broad SMARTS) is 1. The van der Waals surface area contributed by atoms with E-state index in [1.807, 2.05) is 24.3 Å². The summed E-state index contributed by atoms with van der Waals surface area (Å²) in [6.07, 6.45) is 0. The third-order valence-electron chi connectivity index (χ3n) is 2.41. The minimum Gasteiger partial charge on any atom is -0.481 e. The maximum Gasteiger partial charge on any atom is 0.307 e. The van der Waals surface area contributed by atoms with E-state index in [2.05, 4.69) is 5.32 Å². The van der Waals surface area contributed by atoms with Crippen LogP contribution in [0, 0.1) is 5.92 Å². The predicted molar refractivity (Wildman–Crippen MR) is 60.9 cm³/mol. The van der Waals surface area contributed by atoms with Crippen LogP contribution in [0.2, 0.25) is 0 Å². The highest BCUT2D eigenvalue weighted by Crippen LogP contribution is 2.04. The van der Waals surface area contributed by atoms with Gasteiger partial charge in [0, 0.05) is 13.1 Å². The Morgan fingerprint density at radius 2 is 1.88 bits per heavy atom. The topological polar surface area (TPSA) is 69.6 Å². The van der Waals surface area contributed by atoms with Crippen LogP contribution < -0.4 is 5.32 Å². The molecule has 0 saturated heterocycles. The Balaban J connectivity index is 2.34. The summed E-state index contributed by atoms with van der Waals surface area (Å²) in [5, 5.41) is 20.6. The van der Waals surface area contributed by atoms with Gasteiger partial charge in [0.25, 0.3) is 0 Å². The minimum absolute atomic E-state index is 0.0454. The molecule has 4 nitrogen and oxygen atoms in total. The fraction of sp³-hybridized carbons (Fsp3) is 0.417. The molecule has 0 aromatic heterocycles. The summed E-state index contributed by atoms with van der Waals surface area (Å²) in [6.45, 7) is 2.81. The molecule has 0 fully saturated rings. The monoisotopic (exact) mass is 223 g/mol. The van der Waals surface area contributed by atoms with Gasteiger partial charge in [0.15, 0.2) is 0 Å². The molecule has 0 bridgehead atoms. The predicted octanol–water partition coefficient (Wildman–Crippen LogP) is 0.989. The molecule has 3 N–H and O–H groups in total. The van der Waals surface area contributed by atoms with Crippen molar-refractivity contribution < 1.29 is 15.0 Å². The fourth-order valence-electron chi connectivity index (χ4n) is 1.28. The van der Waals surface area contributed by atoms with Gasteiger partial charge in [-0.1, -0.05) is 31.2 Å². The molecule has 1 rings (SSSR count). The summed E-state index contributed by atoms with van der Waals surface area (Å²) in [5.41, 5.74) is 1.96. The van der Waals surface area contributed by atoms with E-state index in [1.165, 1.54) is 0 Å². The van der Waals surface area contributed by atoms with E-state index >= 15 is 0 Å². The number of aliphatic hydroxyl groups is 1. The smallest absolute Gasteiger partial charge is 0.307 e. The zero-order valence-corrected chi connectivity index (χ0v) is 9.31. The van der Waals surface area contributed by atoms with Crippen LogP contribution in [0.4, 0.5) is 0 Å². The SMILES string of the molecule is CC(CNCc1ccc(CO)cc1)C(=O)O. The van der Waals surface area contributed by atoms with Crippen molar-refractivity contribution in [3.63, 3.8) is 0 Å². The Hall–Kier alpha value is -1.39. The van der Waals surface area contributed by atoms with Crippen LogP contribution in [0.1, 0.15) is 18.1 Å². The average molecular weight is 223 g/mol. The van der Waals surface area contributed by atoms with Crippen LogP contribution in [0.5, 0.6) is 0 Å². The molecule has 0 aliphatic carbocycles. The van der Waals surface area contributed by atoms with E-state index in [-0.39, 0.29) is 12.5 Å². The van der Waals surface area contributed by atoms with Crippen molar-refractivity contribution in [3.8, 4) is 0 Å². The molecule has 1 aromatic carbocycles. The van der Waals surface area contributed by atoms with E-state index in [0.29, 0.717) is 13.1 Å². The maximum absolute atomic E-state index is 10.6. The van der Waals surface area contributed by atoms with Crippen molar-refractivity contribution in [1.29, 1.82) is 0 Å². The lowest BCUT2D eigenvalue weighted by atomic mass is 10.1. The van der Waals surface area contributed by atoms with Crippen molar-refractivity contribution in [3.05, 3.63) is 35.4 Å². The molecule has 0 amide bonds. The first-order chi connectivity index (χ1) is 7.63. The number of hydrogen-bond acceptors (Lipinski definition) is 3. The van der Waals surface area contributed by atoms with Gasteiger partial charge in [-0.2, -0.15) is 0 Å². The number of aliphatic carboxylic acids is 1. The van der Waals surface area contributed by atoms with Crippen LogP contribution >= 0.6 is 0 Å². The van der Waals surface area contributed by atoms with Gasteiger partial charge in [0.2, 0.25) is 0 Å². The van der Waals surface area contributed by atoms with E-state index in [1.54, 1.807) is 6.92 Å². The van der Waals surface area contributed by atoms with Crippen LogP contribution in [0.15, 0.2) is 24.3 Å². The van der Waals surface area contributed by atoms with Gasteiger partial charge >= 0.3 is 5.97 Å². The Kier molecular flexibility index (Phi) is 4.95. The quantitative estimate of drug-likeness (QED) is 0.672. The summed E-state index contributed by atoms with van der Waals surface area (Å²) in [7, 11) is 0. The first-order valence-corrected chi connectivity index (χ1v) is 5.25. The number of benzene rings is 1. The van der Waals surface area contributed by atoms with Gasteiger partial charge in [0.05, 0.1) is 12.5 Å². The molecule has 4 heteroatoms. The summed E-state index contributed by atoms with van der Waals surface area (Å²) >= 11 is 0. The van der Waals surface area contributed by atoms with Crippen molar-refractivity contribution in [1.82, 2.24) is 5.32 Å². The van der Waals surface area contributed by atoms with Crippen LogP contribution in [0.25, 0.3) is 0 Å². The molecule has 1 atom stereocenters. The lowest BCUT2D eigenvalue weighted by Gasteiger charge is -2.08. The Morgan fingerprint density at radius 3 is 2.38 bits per heavy atom. The molecule has 1 unspecified atom stereocenters. The number of aliphatic hydroxyl groups excluding tert-OH is 1. The van der Waals surface area contributed by atoms with Crippen molar-refractivity contribution in [2.75, 3.05) is 6.54 Å². The van der Waals surface area contributed by atoms with Gasteiger partial charge in [-0.3, -0.25) is 4.79 Å². The molecule has 16 heavy (non-hydrogen) atoms. The van der Waals surface area contributed by atoms with E-state index in [4.69, 9.17) is 10.2 Å². The number of hydrogen-bond donors (Lipinski definition) is 3. The largest absolute Gasteiger partial charge is 0.481 e. The average Bonchev–Trinajstić information content (AvgIpc) is 2.29. The molecule has 0 aliphatic rings. The highest BCUT2D eigenvalue weighted by Gasteiger charge is 2.09. The molecular weight excluding hydrogens is 206 g/mol. The lowest BCUT2D eigenvalue weighted by molar-refractivity contribution is -0.140. The summed E-state index contributed by atoms with van der Waals surface area (Å²) in [5.74, 6) is -1.17. The van der Waals surface area contributed by atoms with Gasteiger partial charge < -0.3 is 15.5 Å². The molecule has 88 valence electrons. The highest BCUT2D eigenvalue weighted by molar-refractivity contribution is 5.69. The third kappa shape index (κ3) is 4.00. The highest BCUT2D eigenvalue weighted by atomic mass is 16.4. The van der Waals surface area contributed by atoms with Crippen LogP contribution in [0.3, 0.4) is 0 Å². The van der Waals surface area contributed by atoms with E-state index in [9.17, 15) is 4.79 Å². The van der Waals surface area contributed by atoms with Gasteiger partial charge in [0.1, 0.15) is 0 Å². The number of rotatable bonds is 6. The normalized spacial score (nSPS) is 12.4. The second kappa shape index (κ2) is 6.25. The first kappa shape index (κ1) is 12.7. The number of carboxylic acids is 1. The Morgan fingerprint density at radius 1 is 1.31 bits per heavy atom. The Labute approximate surface area is 94.9 Å². The number of carbonyl (C=O) groups is 1. The first-order valence-electron chi connectivity index (χ1n) is 5.25. The Bertz CT molecular complexity index is 335. The zero-order valence-electron chi connectivity index (χ0n) is 9.31. The van der Waals surface area contributed by atoms with Crippen molar-refractivity contribution in [2.24, 2.45) is 5.92 Å². The summed E-state index contributed by atoms with van der Waals surface area (Å²) in [6, 6.07) is 7.56. The maximum atomic E-state index is 10.6. The van der Waals surface area contributed by atoms with Crippen LogP contribution in [-0.4, -0.2) is 22.7 Å². The minimum atomic E-state index is -0.789. The molecular formula is C12H17NO3. The lowest BCUT2D eigenvalue weighted by Crippen LogP contribution is -2.25. The van der Waals surface area contributed by atoms with Gasteiger partial charge in [-0.25, -0.2) is 0 Å². The van der Waals surface area contributed by atoms with E-state index < -0.39 is 5.97 Å². The molecule has 0 saturated carbocycles. The van der Waals surface area contributed by atoms with Crippen molar-refractivity contribution >= 4 is 5.97 Å². The van der Waals surface area contributed by atoms with Gasteiger partial charge in [-0.15, -0.1) is 0 Å². The standard InChI is InChI=1S/C12H17NO3/c1-9(12(15)16)6-13-7-10-2-4-11(8-14)5-3-10/h2-5,9,13-14H,6-8H2,1H3,(H,15,16). The molecule has 0 aliphatic heterocycles. The molecule has 1 aromatic rings. The second-order valence-corrected chi connectivity index (χ2v) is 3.84.